The summed E-state index contributed by atoms with van der Waals surface area (Å²) in [6, 6.07) is 13.6. The summed E-state index contributed by atoms with van der Waals surface area (Å²) in [7, 11) is 1.74. The molecule has 0 aromatic heterocycles. The summed E-state index contributed by atoms with van der Waals surface area (Å²) in [5.41, 5.74) is 3.25. The standard InChI is InChI=1S/C22H26Cl2N4O/c1-15(19-10-9-18(23)12-20(19)24)27-22(25-2)26-13-16-6-3-4-7-17(16)14-28-11-5-8-21(28)29/h3-4,6-7,9-10,12,15H,5,8,11,13-14H2,1-2H3,(H2,25,26,27). The predicted molar refractivity (Wildman–Crippen MR) is 119 cm³/mol. The third-order valence-corrected chi connectivity index (χ3v) is 5.67. The van der Waals surface area contributed by atoms with Crippen molar-refractivity contribution in [3.05, 3.63) is 69.2 Å². The average molecular weight is 433 g/mol. The number of nitrogens with one attached hydrogen (secondary N) is 2. The maximum atomic E-state index is 12.0. The predicted octanol–water partition coefficient (Wildman–Crippen LogP) is 4.54. The number of carbonyl (C=O) groups is 1. The number of hydrogen-bond acceptors (Lipinski definition) is 2. The molecule has 0 spiro atoms. The summed E-state index contributed by atoms with van der Waals surface area (Å²) in [6.07, 6.45) is 1.60. The molecule has 0 saturated carbocycles. The largest absolute Gasteiger partial charge is 0.352 e. The lowest BCUT2D eigenvalue weighted by molar-refractivity contribution is -0.128. The van der Waals surface area contributed by atoms with Crippen molar-refractivity contribution in [2.45, 2.75) is 38.9 Å². The first-order valence-corrected chi connectivity index (χ1v) is 10.5. The van der Waals surface area contributed by atoms with Crippen molar-refractivity contribution < 1.29 is 4.79 Å². The van der Waals surface area contributed by atoms with Crippen LogP contribution in [0.4, 0.5) is 0 Å². The topological polar surface area (TPSA) is 56.7 Å². The molecule has 3 rings (SSSR count). The summed E-state index contributed by atoms with van der Waals surface area (Å²) >= 11 is 12.3. The molecule has 5 nitrogen and oxygen atoms in total. The van der Waals surface area contributed by atoms with Gasteiger partial charge in [-0.15, -0.1) is 0 Å². The number of rotatable bonds is 6. The van der Waals surface area contributed by atoms with Gasteiger partial charge in [-0.25, -0.2) is 0 Å². The van der Waals surface area contributed by atoms with Crippen LogP contribution in [0.2, 0.25) is 10.0 Å². The molecule has 1 aliphatic rings. The third-order valence-electron chi connectivity index (χ3n) is 5.10. The van der Waals surface area contributed by atoms with Crippen LogP contribution in [0.1, 0.15) is 42.5 Å². The Hall–Kier alpha value is -2.24. The molecule has 1 atom stereocenters. The van der Waals surface area contributed by atoms with E-state index in [9.17, 15) is 4.79 Å². The lowest BCUT2D eigenvalue weighted by Crippen LogP contribution is -2.38. The molecule has 0 bridgehead atoms. The van der Waals surface area contributed by atoms with E-state index in [0.29, 0.717) is 35.5 Å². The van der Waals surface area contributed by atoms with Crippen LogP contribution in [0.3, 0.4) is 0 Å². The van der Waals surface area contributed by atoms with Gasteiger partial charge >= 0.3 is 0 Å². The summed E-state index contributed by atoms with van der Waals surface area (Å²) in [4.78, 5) is 18.2. The molecule has 1 saturated heterocycles. The Balaban J connectivity index is 1.63. The fourth-order valence-electron chi connectivity index (χ4n) is 3.47. The first-order valence-electron chi connectivity index (χ1n) is 9.74. The Bertz CT molecular complexity index is 900. The van der Waals surface area contributed by atoms with E-state index in [0.717, 1.165) is 29.7 Å². The Morgan fingerprint density at radius 1 is 1.21 bits per heavy atom. The van der Waals surface area contributed by atoms with Gasteiger partial charge in [-0.3, -0.25) is 9.79 Å². The molecule has 29 heavy (non-hydrogen) atoms. The van der Waals surface area contributed by atoms with Gasteiger partial charge in [-0.1, -0.05) is 53.5 Å². The van der Waals surface area contributed by atoms with Crippen molar-refractivity contribution in [2.75, 3.05) is 13.6 Å². The molecule has 2 aromatic carbocycles. The van der Waals surface area contributed by atoms with Crippen molar-refractivity contribution in [2.24, 2.45) is 4.99 Å². The highest BCUT2D eigenvalue weighted by Crippen LogP contribution is 2.26. The first-order chi connectivity index (χ1) is 14.0. The SMILES string of the molecule is CN=C(NCc1ccccc1CN1CCCC1=O)NC(C)c1ccc(Cl)cc1Cl. The van der Waals surface area contributed by atoms with Crippen LogP contribution in [0.15, 0.2) is 47.5 Å². The fourth-order valence-corrected chi connectivity index (χ4v) is 4.04. The van der Waals surface area contributed by atoms with Crippen molar-refractivity contribution >= 4 is 35.1 Å². The number of amides is 1. The number of hydrogen-bond donors (Lipinski definition) is 2. The number of carbonyl (C=O) groups excluding carboxylic acids is 1. The van der Waals surface area contributed by atoms with Crippen LogP contribution in [-0.2, 0) is 17.9 Å². The Morgan fingerprint density at radius 3 is 2.62 bits per heavy atom. The second-order valence-corrected chi connectivity index (χ2v) is 7.99. The molecular weight excluding hydrogens is 407 g/mol. The molecule has 7 heteroatoms. The van der Waals surface area contributed by atoms with Gasteiger partial charge in [-0.2, -0.15) is 0 Å². The zero-order valence-corrected chi connectivity index (χ0v) is 18.2. The molecular formula is C22H26Cl2N4O. The minimum Gasteiger partial charge on any atom is -0.352 e. The lowest BCUT2D eigenvalue weighted by Gasteiger charge is -2.21. The lowest BCUT2D eigenvalue weighted by atomic mass is 10.1. The molecule has 2 N–H and O–H groups in total. The van der Waals surface area contributed by atoms with E-state index >= 15 is 0 Å². The van der Waals surface area contributed by atoms with Gasteiger partial charge in [0.05, 0.1) is 6.04 Å². The van der Waals surface area contributed by atoms with Crippen LogP contribution in [-0.4, -0.2) is 30.4 Å². The van der Waals surface area contributed by atoms with E-state index in [1.807, 2.05) is 36.1 Å². The number of nitrogens with zero attached hydrogens (tertiary/aromatic N) is 2. The number of benzene rings is 2. The van der Waals surface area contributed by atoms with Crippen LogP contribution < -0.4 is 10.6 Å². The van der Waals surface area contributed by atoms with Gasteiger partial charge < -0.3 is 15.5 Å². The smallest absolute Gasteiger partial charge is 0.222 e. The average Bonchev–Trinajstić information content (AvgIpc) is 3.10. The molecule has 1 fully saturated rings. The summed E-state index contributed by atoms with van der Waals surface area (Å²) in [6.45, 7) is 4.12. The highest BCUT2D eigenvalue weighted by atomic mass is 35.5. The van der Waals surface area contributed by atoms with E-state index in [-0.39, 0.29) is 11.9 Å². The minimum atomic E-state index is -0.0385. The molecule has 2 aromatic rings. The molecule has 1 aliphatic heterocycles. The van der Waals surface area contributed by atoms with Gasteiger partial charge in [0.2, 0.25) is 5.91 Å². The Kier molecular flexibility index (Phi) is 7.40. The van der Waals surface area contributed by atoms with Crippen LogP contribution in [0.5, 0.6) is 0 Å². The van der Waals surface area contributed by atoms with E-state index in [4.69, 9.17) is 23.2 Å². The van der Waals surface area contributed by atoms with Crippen molar-refractivity contribution in [1.82, 2.24) is 15.5 Å². The zero-order chi connectivity index (χ0) is 20.8. The Labute approximate surface area is 182 Å². The van der Waals surface area contributed by atoms with E-state index in [1.165, 1.54) is 0 Å². The zero-order valence-electron chi connectivity index (χ0n) is 16.7. The van der Waals surface area contributed by atoms with Gasteiger partial charge in [0.15, 0.2) is 5.96 Å². The summed E-state index contributed by atoms with van der Waals surface area (Å²) in [5, 5.41) is 7.95. The highest BCUT2D eigenvalue weighted by molar-refractivity contribution is 6.35. The van der Waals surface area contributed by atoms with Gasteiger partial charge in [0.25, 0.3) is 0 Å². The van der Waals surface area contributed by atoms with Crippen LogP contribution in [0, 0.1) is 0 Å². The van der Waals surface area contributed by atoms with Crippen molar-refractivity contribution in [1.29, 1.82) is 0 Å². The van der Waals surface area contributed by atoms with E-state index in [1.54, 1.807) is 13.1 Å². The number of aliphatic imine (C=N–C) groups is 1. The third kappa shape index (κ3) is 5.64. The van der Waals surface area contributed by atoms with Crippen molar-refractivity contribution in [3.63, 3.8) is 0 Å². The van der Waals surface area contributed by atoms with Gasteiger partial charge in [-0.05, 0) is 42.2 Å². The molecule has 1 amide bonds. The number of guanidine groups is 1. The number of likely N-dealkylation sites (tertiary alicyclic amines) is 1. The normalized spacial score (nSPS) is 15.5. The molecule has 0 radical (unpaired) electrons. The monoisotopic (exact) mass is 432 g/mol. The molecule has 0 aliphatic carbocycles. The second kappa shape index (κ2) is 9.99. The molecule has 1 unspecified atom stereocenters. The Morgan fingerprint density at radius 2 is 1.97 bits per heavy atom. The maximum Gasteiger partial charge on any atom is 0.222 e. The summed E-state index contributed by atoms with van der Waals surface area (Å²) < 4.78 is 0. The van der Waals surface area contributed by atoms with E-state index < -0.39 is 0 Å². The van der Waals surface area contributed by atoms with Crippen molar-refractivity contribution in [3.8, 4) is 0 Å². The summed E-state index contributed by atoms with van der Waals surface area (Å²) in [5.74, 6) is 0.912. The van der Waals surface area contributed by atoms with Gasteiger partial charge in [0, 0.05) is 43.1 Å². The highest BCUT2D eigenvalue weighted by Gasteiger charge is 2.21. The maximum absolute atomic E-state index is 12.0. The van der Waals surface area contributed by atoms with Gasteiger partial charge in [0.1, 0.15) is 0 Å². The number of halogens is 2. The van der Waals surface area contributed by atoms with Crippen LogP contribution >= 0.6 is 23.2 Å². The molecule has 154 valence electrons. The first kappa shape index (κ1) is 21.5. The van der Waals surface area contributed by atoms with E-state index in [2.05, 4.69) is 27.8 Å². The van der Waals surface area contributed by atoms with Crippen LogP contribution in [0.25, 0.3) is 0 Å². The second-order valence-electron chi connectivity index (χ2n) is 7.15. The fraction of sp³-hybridized carbons (Fsp3) is 0.364. The molecule has 1 heterocycles. The minimum absolute atomic E-state index is 0.0385. The quantitative estimate of drug-likeness (QED) is 0.520.